The molecule has 1 atom stereocenters. The molecule has 0 aliphatic carbocycles. The van der Waals surface area contributed by atoms with Crippen molar-refractivity contribution in [3.63, 3.8) is 0 Å². The Morgan fingerprint density at radius 3 is 3.18 bits per heavy atom. The Bertz CT molecular complexity index is 353. The lowest BCUT2D eigenvalue weighted by molar-refractivity contribution is 0.0518. The summed E-state index contributed by atoms with van der Waals surface area (Å²) in [6.07, 6.45) is 4.16. The van der Waals surface area contributed by atoms with Gasteiger partial charge in [-0.1, -0.05) is 6.07 Å². The van der Waals surface area contributed by atoms with E-state index in [2.05, 4.69) is 4.84 Å². The van der Waals surface area contributed by atoms with Crippen LogP contribution < -0.4 is 5.90 Å². The first-order valence-corrected chi connectivity index (χ1v) is 6.87. The molecule has 0 spiro atoms. The van der Waals surface area contributed by atoms with Crippen LogP contribution in [0.1, 0.15) is 35.4 Å². The fourth-order valence-corrected chi connectivity index (χ4v) is 2.99. The van der Waals surface area contributed by atoms with E-state index in [0.717, 1.165) is 30.7 Å². The van der Waals surface area contributed by atoms with Crippen LogP contribution in [0, 0.1) is 0 Å². The molecular formula is C12H18N2O2S. The fourth-order valence-electron chi connectivity index (χ4n) is 2.31. The average Bonchev–Trinajstić information content (AvgIpc) is 2.89. The third-order valence-electron chi connectivity index (χ3n) is 3.19. The molecule has 1 amide bonds. The van der Waals surface area contributed by atoms with E-state index in [4.69, 9.17) is 5.90 Å². The van der Waals surface area contributed by atoms with Crippen LogP contribution >= 0.6 is 11.3 Å². The highest BCUT2D eigenvalue weighted by Crippen LogP contribution is 2.23. The van der Waals surface area contributed by atoms with E-state index < -0.39 is 0 Å². The number of thiophene rings is 1. The predicted octanol–water partition coefficient (Wildman–Crippen LogP) is 2.02. The van der Waals surface area contributed by atoms with Gasteiger partial charge in [-0.25, -0.2) is 5.90 Å². The molecule has 17 heavy (non-hydrogen) atoms. The molecule has 1 unspecified atom stereocenters. The molecular weight excluding hydrogens is 236 g/mol. The third kappa shape index (κ3) is 3.06. The Kier molecular flexibility index (Phi) is 4.53. The smallest absolute Gasteiger partial charge is 0.264 e. The second-order valence-corrected chi connectivity index (χ2v) is 5.23. The molecule has 1 aromatic heterocycles. The highest BCUT2D eigenvalue weighted by atomic mass is 32.1. The number of nitrogens with zero attached hydrogens (tertiary/aromatic N) is 1. The van der Waals surface area contributed by atoms with Crippen LogP contribution in [-0.4, -0.2) is 30.0 Å². The Balaban J connectivity index is 2.03. The van der Waals surface area contributed by atoms with E-state index in [1.807, 2.05) is 22.4 Å². The van der Waals surface area contributed by atoms with E-state index in [9.17, 15) is 4.79 Å². The number of hydrogen-bond acceptors (Lipinski definition) is 4. The summed E-state index contributed by atoms with van der Waals surface area (Å²) in [4.78, 5) is 19.7. The summed E-state index contributed by atoms with van der Waals surface area (Å²) in [6.45, 7) is 1.37. The molecule has 2 rings (SSSR count). The van der Waals surface area contributed by atoms with Gasteiger partial charge < -0.3 is 9.74 Å². The van der Waals surface area contributed by atoms with Gasteiger partial charge in [0.1, 0.15) is 0 Å². The summed E-state index contributed by atoms with van der Waals surface area (Å²) in [5.41, 5.74) is 0. The molecule has 0 saturated carbocycles. The monoisotopic (exact) mass is 254 g/mol. The van der Waals surface area contributed by atoms with Crippen molar-refractivity contribution in [3.8, 4) is 0 Å². The predicted molar refractivity (Wildman–Crippen MR) is 67.8 cm³/mol. The zero-order valence-electron chi connectivity index (χ0n) is 9.80. The van der Waals surface area contributed by atoms with E-state index in [1.54, 1.807) is 0 Å². The number of carbonyl (C=O) groups is 1. The quantitative estimate of drug-likeness (QED) is 0.836. The molecule has 1 fully saturated rings. The number of piperidine rings is 1. The Hall–Kier alpha value is -0.910. The van der Waals surface area contributed by atoms with E-state index in [-0.39, 0.29) is 11.9 Å². The van der Waals surface area contributed by atoms with Crippen LogP contribution in [0.15, 0.2) is 17.5 Å². The van der Waals surface area contributed by atoms with Gasteiger partial charge in [0.15, 0.2) is 0 Å². The standard InChI is InChI=1S/C12H18N2O2S/c13-16-8-6-10-4-1-2-7-14(10)12(15)11-5-3-9-17-11/h3,5,9-10H,1-2,4,6-8,13H2. The van der Waals surface area contributed by atoms with Gasteiger partial charge >= 0.3 is 0 Å². The topological polar surface area (TPSA) is 55.6 Å². The normalized spacial score (nSPS) is 20.5. The summed E-state index contributed by atoms with van der Waals surface area (Å²) in [6, 6.07) is 4.08. The minimum Gasteiger partial charge on any atom is -0.335 e. The van der Waals surface area contributed by atoms with E-state index in [0.29, 0.717) is 6.61 Å². The zero-order chi connectivity index (χ0) is 12.1. The van der Waals surface area contributed by atoms with Crippen molar-refractivity contribution in [2.45, 2.75) is 31.7 Å². The lowest BCUT2D eigenvalue weighted by Crippen LogP contribution is -2.44. The first-order valence-electron chi connectivity index (χ1n) is 5.99. The molecule has 0 aromatic carbocycles. The van der Waals surface area contributed by atoms with Gasteiger partial charge in [-0.05, 0) is 37.1 Å². The summed E-state index contributed by atoms with van der Waals surface area (Å²) in [5, 5.41) is 1.94. The number of likely N-dealkylation sites (tertiary alicyclic amines) is 1. The average molecular weight is 254 g/mol. The van der Waals surface area contributed by atoms with Crippen LogP contribution in [0.3, 0.4) is 0 Å². The minimum absolute atomic E-state index is 0.154. The van der Waals surface area contributed by atoms with Gasteiger partial charge in [-0.2, -0.15) is 0 Å². The Labute approximate surface area is 105 Å². The molecule has 1 aliphatic rings. The summed E-state index contributed by atoms with van der Waals surface area (Å²) < 4.78 is 0. The summed E-state index contributed by atoms with van der Waals surface area (Å²) in [5.74, 6) is 5.21. The molecule has 0 bridgehead atoms. The lowest BCUT2D eigenvalue weighted by Gasteiger charge is -2.35. The summed E-state index contributed by atoms with van der Waals surface area (Å²) >= 11 is 1.50. The first-order chi connectivity index (χ1) is 8.33. The SMILES string of the molecule is NOCCC1CCCCN1C(=O)c1cccs1. The van der Waals surface area contributed by atoms with Crippen molar-refractivity contribution in [2.75, 3.05) is 13.2 Å². The van der Waals surface area contributed by atoms with Crippen molar-refractivity contribution in [2.24, 2.45) is 5.90 Å². The summed E-state index contributed by atoms with van der Waals surface area (Å²) in [7, 11) is 0. The van der Waals surface area contributed by atoms with E-state index >= 15 is 0 Å². The molecule has 1 saturated heterocycles. The molecule has 94 valence electrons. The lowest BCUT2D eigenvalue weighted by atomic mass is 9.99. The Morgan fingerprint density at radius 1 is 1.59 bits per heavy atom. The van der Waals surface area contributed by atoms with Crippen LogP contribution in [0.2, 0.25) is 0 Å². The number of nitrogens with two attached hydrogens (primary N) is 1. The highest BCUT2D eigenvalue weighted by molar-refractivity contribution is 7.12. The molecule has 2 N–H and O–H groups in total. The van der Waals surface area contributed by atoms with Crippen molar-refractivity contribution < 1.29 is 9.63 Å². The Morgan fingerprint density at radius 2 is 2.47 bits per heavy atom. The van der Waals surface area contributed by atoms with Gasteiger partial charge in [-0.15, -0.1) is 11.3 Å². The van der Waals surface area contributed by atoms with Crippen molar-refractivity contribution >= 4 is 17.2 Å². The van der Waals surface area contributed by atoms with Gasteiger partial charge in [0.25, 0.3) is 5.91 Å². The second-order valence-electron chi connectivity index (χ2n) is 4.28. The van der Waals surface area contributed by atoms with Crippen molar-refractivity contribution in [1.29, 1.82) is 0 Å². The van der Waals surface area contributed by atoms with Gasteiger partial charge in [0, 0.05) is 12.6 Å². The van der Waals surface area contributed by atoms with E-state index in [1.165, 1.54) is 17.8 Å². The molecule has 4 nitrogen and oxygen atoms in total. The minimum atomic E-state index is 0.154. The van der Waals surface area contributed by atoms with Crippen LogP contribution in [0.5, 0.6) is 0 Å². The maximum Gasteiger partial charge on any atom is 0.264 e. The second kappa shape index (κ2) is 6.14. The van der Waals surface area contributed by atoms with Crippen LogP contribution in [-0.2, 0) is 4.84 Å². The fraction of sp³-hybridized carbons (Fsp3) is 0.583. The van der Waals surface area contributed by atoms with Gasteiger partial charge in [0.2, 0.25) is 0 Å². The number of carbonyl (C=O) groups excluding carboxylic acids is 1. The maximum absolute atomic E-state index is 12.3. The molecule has 2 heterocycles. The van der Waals surface area contributed by atoms with Gasteiger partial charge in [-0.3, -0.25) is 4.79 Å². The molecule has 1 aliphatic heterocycles. The third-order valence-corrected chi connectivity index (χ3v) is 4.05. The maximum atomic E-state index is 12.3. The first kappa shape index (κ1) is 12.5. The van der Waals surface area contributed by atoms with Crippen LogP contribution in [0.25, 0.3) is 0 Å². The number of amides is 1. The number of hydrogen-bond donors (Lipinski definition) is 1. The molecule has 1 aromatic rings. The van der Waals surface area contributed by atoms with Gasteiger partial charge in [0.05, 0.1) is 11.5 Å². The number of rotatable bonds is 4. The molecule has 0 radical (unpaired) electrons. The largest absolute Gasteiger partial charge is 0.335 e. The van der Waals surface area contributed by atoms with Crippen LogP contribution in [0.4, 0.5) is 0 Å². The zero-order valence-corrected chi connectivity index (χ0v) is 10.6. The van der Waals surface area contributed by atoms with Crippen molar-refractivity contribution in [3.05, 3.63) is 22.4 Å². The molecule has 5 heteroatoms. The highest BCUT2D eigenvalue weighted by Gasteiger charge is 2.27. The van der Waals surface area contributed by atoms with Crippen molar-refractivity contribution in [1.82, 2.24) is 4.90 Å².